The van der Waals surface area contributed by atoms with Gasteiger partial charge < -0.3 is 9.47 Å². The van der Waals surface area contributed by atoms with E-state index >= 15 is 0 Å². The molecule has 2 atom stereocenters. The standard InChI is InChI=1S/C18H29ClO2/c1-6-7-8-13-18(4,5)16-9-11-17(12-10-16)21-15(3)20-14(2)19/h9-12,14-15H,6-8,13H2,1-5H3. The van der Waals surface area contributed by atoms with Crippen molar-refractivity contribution in [2.45, 2.75) is 77.6 Å². The molecule has 3 heteroatoms. The van der Waals surface area contributed by atoms with Gasteiger partial charge in [-0.1, -0.05) is 63.8 Å². The summed E-state index contributed by atoms with van der Waals surface area (Å²) in [5.74, 6) is 0.813. The van der Waals surface area contributed by atoms with Crippen molar-refractivity contribution in [3.8, 4) is 5.75 Å². The fraction of sp³-hybridized carbons (Fsp3) is 0.667. The normalized spacial score (nSPS) is 14.8. The Morgan fingerprint density at radius 2 is 1.71 bits per heavy atom. The molecule has 0 amide bonds. The summed E-state index contributed by atoms with van der Waals surface area (Å²) in [6.45, 7) is 10.5. The first kappa shape index (κ1) is 18.3. The highest BCUT2D eigenvalue weighted by Crippen LogP contribution is 2.30. The topological polar surface area (TPSA) is 18.5 Å². The summed E-state index contributed by atoms with van der Waals surface area (Å²) < 4.78 is 11.0. The van der Waals surface area contributed by atoms with E-state index < -0.39 is 0 Å². The third-order valence-corrected chi connectivity index (χ3v) is 3.83. The summed E-state index contributed by atoms with van der Waals surface area (Å²) in [4.78, 5) is 0. The number of hydrogen-bond acceptors (Lipinski definition) is 2. The smallest absolute Gasteiger partial charge is 0.198 e. The lowest BCUT2D eigenvalue weighted by molar-refractivity contribution is -0.0756. The minimum absolute atomic E-state index is 0.209. The van der Waals surface area contributed by atoms with Gasteiger partial charge in [0.1, 0.15) is 11.3 Å². The molecular weight excluding hydrogens is 284 g/mol. The first-order chi connectivity index (χ1) is 9.85. The number of ether oxygens (including phenoxy) is 2. The van der Waals surface area contributed by atoms with Gasteiger partial charge in [-0.25, -0.2) is 0 Å². The van der Waals surface area contributed by atoms with E-state index in [0.29, 0.717) is 0 Å². The molecule has 2 unspecified atom stereocenters. The Morgan fingerprint density at radius 1 is 1.10 bits per heavy atom. The second-order valence-electron chi connectivity index (χ2n) is 6.23. The summed E-state index contributed by atoms with van der Waals surface area (Å²) in [5.41, 5.74) is 1.21. The van der Waals surface area contributed by atoms with E-state index in [1.165, 1.54) is 31.2 Å². The number of rotatable bonds is 9. The zero-order valence-corrected chi connectivity index (χ0v) is 14.7. The fourth-order valence-corrected chi connectivity index (χ4v) is 2.57. The molecule has 0 radical (unpaired) electrons. The minimum atomic E-state index is -0.350. The first-order valence-corrected chi connectivity index (χ1v) is 8.35. The molecule has 0 aliphatic heterocycles. The third-order valence-electron chi connectivity index (χ3n) is 3.72. The van der Waals surface area contributed by atoms with Gasteiger partial charge in [0.05, 0.1) is 0 Å². The Kier molecular flexibility index (Phi) is 7.55. The van der Waals surface area contributed by atoms with E-state index in [-0.39, 0.29) is 17.3 Å². The average Bonchev–Trinajstić information content (AvgIpc) is 2.38. The van der Waals surface area contributed by atoms with Gasteiger partial charge >= 0.3 is 0 Å². The van der Waals surface area contributed by atoms with Crippen molar-refractivity contribution in [1.29, 1.82) is 0 Å². The molecule has 0 N–H and O–H groups in total. The molecule has 120 valence electrons. The second-order valence-corrected chi connectivity index (χ2v) is 6.84. The van der Waals surface area contributed by atoms with Crippen molar-refractivity contribution in [2.24, 2.45) is 0 Å². The Balaban J connectivity index is 2.60. The number of halogens is 1. The van der Waals surface area contributed by atoms with Crippen LogP contribution in [0.5, 0.6) is 5.75 Å². The summed E-state index contributed by atoms with van der Waals surface area (Å²) >= 11 is 5.78. The van der Waals surface area contributed by atoms with Gasteiger partial charge in [-0.05, 0) is 43.4 Å². The van der Waals surface area contributed by atoms with Gasteiger partial charge in [-0.15, -0.1) is 0 Å². The Hall–Kier alpha value is -0.730. The predicted octanol–water partition coefficient (Wildman–Crippen LogP) is 5.87. The molecule has 0 spiro atoms. The van der Waals surface area contributed by atoms with Gasteiger partial charge in [0.15, 0.2) is 6.29 Å². The minimum Gasteiger partial charge on any atom is -0.465 e. The molecule has 0 saturated carbocycles. The van der Waals surface area contributed by atoms with E-state index in [9.17, 15) is 0 Å². The maximum absolute atomic E-state index is 5.78. The van der Waals surface area contributed by atoms with Gasteiger partial charge in [0.2, 0.25) is 0 Å². The van der Waals surface area contributed by atoms with Crippen molar-refractivity contribution in [3.63, 3.8) is 0 Å². The van der Waals surface area contributed by atoms with Gasteiger partial charge in [0.25, 0.3) is 0 Å². The highest BCUT2D eigenvalue weighted by Gasteiger charge is 2.20. The number of alkyl halides is 1. The molecule has 21 heavy (non-hydrogen) atoms. The lowest BCUT2D eigenvalue weighted by Crippen LogP contribution is -2.20. The number of benzene rings is 1. The van der Waals surface area contributed by atoms with Crippen LogP contribution in [0.25, 0.3) is 0 Å². The maximum atomic E-state index is 5.78. The molecule has 0 saturated heterocycles. The Morgan fingerprint density at radius 3 is 2.24 bits per heavy atom. The van der Waals surface area contributed by atoms with E-state index in [2.05, 4.69) is 32.9 Å². The lowest BCUT2D eigenvalue weighted by Gasteiger charge is -2.26. The van der Waals surface area contributed by atoms with E-state index in [4.69, 9.17) is 21.1 Å². The van der Waals surface area contributed by atoms with Crippen molar-refractivity contribution in [2.75, 3.05) is 0 Å². The van der Waals surface area contributed by atoms with E-state index in [1.807, 2.05) is 19.1 Å². The van der Waals surface area contributed by atoms with Gasteiger partial charge in [-0.2, -0.15) is 0 Å². The van der Waals surface area contributed by atoms with Gasteiger partial charge in [0, 0.05) is 0 Å². The molecule has 0 heterocycles. The molecular formula is C18H29ClO2. The Bertz CT molecular complexity index is 398. The van der Waals surface area contributed by atoms with Crippen molar-refractivity contribution in [1.82, 2.24) is 0 Å². The highest BCUT2D eigenvalue weighted by molar-refractivity contribution is 6.19. The second kappa shape index (κ2) is 8.65. The molecule has 0 bridgehead atoms. The predicted molar refractivity (Wildman–Crippen MR) is 90.1 cm³/mol. The lowest BCUT2D eigenvalue weighted by atomic mass is 9.80. The van der Waals surface area contributed by atoms with Crippen LogP contribution in [-0.2, 0) is 10.2 Å². The van der Waals surface area contributed by atoms with Crippen molar-refractivity contribution < 1.29 is 9.47 Å². The molecule has 2 nitrogen and oxygen atoms in total. The molecule has 0 fully saturated rings. The summed E-state index contributed by atoms with van der Waals surface area (Å²) in [5, 5.41) is 0. The average molecular weight is 313 g/mol. The maximum Gasteiger partial charge on any atom is 0.198 e. The molecule has 0 aliphatic rings. The van der Waals surface area contributed by atoms with Crippen LogP contribution < -0.4 is 4.74 Å². The molecule has 0 aromatic heterocycles. The summed E-state index contributed by atoms with van der Waals surface area (Å²) in [6, 6.07) is 8.32. The number of unbranched alkanes of at least 4 members (excludes halogenated alkanes) is 2. The zero-order chi connectivity index (χ0) is 15.9. The van der Waals surface area contributed by atoms with Crippen molar-refractivity contribution in [3.05, 3.63) is 29.8 Å². The molecule has 1 aromatic carbocycles. The van der Waals surface area contributed by atoms with Crippen LogP contribution in [0.2, 0.25) is 0 Å². The monoisotopic (exact) mass is 312 g/mol. The Labute approximate surface area is 134 Å². The molecule has 0 aliphatic carbocycles. The van der Waals surface area contributed by atoms with E-state index in [1.54, 1.807) is 6.92 Å². The largest absolute Gasteiger partial charge is 0.465 e. The van der Waals surface area contributed by atoms with Crippen LogP contribution >= 0.6 is 11.6 Å². The SMILES string of the molecule is CCCCCC(C)(C)c1ccc(OC(C)OC(C)Cl)cc1. The van der Waals surface area contributed by atoms with Crippen LogP contribution in [-0.4, -0.2) is 11.9 Å². The highest BCUT2D eigenvalue weighted by atomic mass is 35.5. The van der Waals surface area contributed by atoms with Gasteiger partial charge in [-0.3, -0.25) is 0 Å². The molecule has 1 aromatic rings. The third kappa shape index (κ3) is 6.71. The molecule has 1 rings (SSSR count). The first-order valence-electron chi connectivity index (χ1n) is 7.92. The summed E-state index contributed by atoms with van der Waals surface area (Å²) in [7, 11) is 0. The number of hydrogen-bond donors (Lipinski definition) is 0. The zero-order valence-electron chi connectivity index (χ0n) is 14.0. The van der Waals surface area contributed by atoms with Crippen molar-refractivity contribution >= 4 is 11.6 Å². The van der Waals surface area contributed by atoms with Crippen LogP contribution in [0.1, 0.15) is 65.9 Å². The van der Waals surface area contributed by atoms with E-state index in [0.717, 1.165) is 5.75 Å². The quantitative estimate of drug-likeness (QED) is 0.322. The van der Waals surface area contributed by atoms with Crippen LogP contribution in [0, 0.1) is 0 Å². The van der Waals surface area contributed by atoms with Crippen LogP contribution in [0.4, 0.5) is 0 Å². The van der Waals surface area contributed by atoms with Crippen LogP contribution in [0.15, 0.2) is 24.3 Å². The fourth-order valence-electron chi connectivity index (χ4n) is 2.43. The van der Waals surface area contributed by atoms with Crippen LogP contribution in [0.3, 0.4) is 0 Å². The summed E-state index contributed by atoms with van der Waals surface area (Å²) in [6.07, 6.45) is 4.71.